The number of piperidine rings is 1. The first-order valence-electron chi connectivity index (χ1n) is 10.8. The van der Waals surface area contributed by atoms with Gasteiger partial charge in [-0.3, -0.25) is 9.59 Å². The molecule has 0 bridgehead atoms. The third-order valence-electron chi connectivity index (χ3n) is 5.96. The largest absolute Gasteiger partial charge is 0.338 e. The van der Waals surface area contributed by atoms with Crippen LogP contribution in [-0.2, 0) is 0 Å². The number of likely N-dealkylation sites (tertiary alicyclic amines) is 1. The number of nitrogens with zero attached hydrogens (tertiary/aromatic N) is 2. The Balaban J connectivity index is 1.72. The van der Waals surface area contributed by atoms with Crippen LogP contribution in [-0.4, -0.2) is 47.3 Å². The molecule has 1 saturated heterocycles. The maximum Gasteiger partial charge on any atom is 0.254 e. The second kappa shape index (κ2) is 9.58. The van der Waals surface area contributed by atoms with Gasteiger partial charge < -0.3 is 9.80 Å². The average Bonchev–Trinajstić information content (AvgIpc) is 2.75. The number of halogens is 2. The molecule has 31 heavy (non-hydrogen) atoms. The van der Waals surface area contributed by atoms with E-state index in [1.165, 1.54) is 24.3 Å². The first-order chi connectivity index (χ1) is 14.7. The average molecular weight is 429 g/mol. The molecular weight excluding hydrogens is 398 g/mol. The van der Waals surface area contributed by atoms with Crippen LogP contribution in [0.2, 0.25) is 0 Å². The Labute approximate surface area is 182 Å². The number of hydrogen-bond donors (Lipinski definition) is 0. The van der Waals surface area contributed by atoms with Crippen LogP contribution in [0.4, 0.5) is 8.78 Å². The number of carbonyl (C=O) groups is 2. The third kappa shape index (κ3) is 5.30. The van der Waals surface area contributed by atoms with Crippen LogP contribution in [0.3, 0.4) is 0 Å². The van der Waals surface area contributed by atoms with E-state index in [4.69, 9.17) is 0 Å². The molecule has 166 valence electrons. The van der Waals surface area contributed by atoms with E-state index >= 15 is 0 Å². The van der Waals surface area contributed by atoms with Crippen molar-refractivity contribution in [1.82, 2.24) is 9.80 Å². The summed E-state index contributed by atoms with van der Waals surface area (Å²) in [4.78, 5) is 29.7. The zero-order chi connectivity index (χ0) is 22.7. The molecule has 1 fully saturated rings. The summed E-state index contributed by atoms with van der Waals surface area (Å²) >= 11 is 0. The van der Waals surface area contributed by atoms with Crippen LogP contribution in [0.15, 0.2) is 36.4 Å². The summed E-state index contributed by atoms with van der Waals surface area (Å²) < 4.78 is 27.2. The van der Waals surface area contributed by atoms with E-state index in [1.54, 1.807) is 35.8 Å². The predicted octanol–water partition coefficient (Wildman–Crippen LogP) is 4.98. The van der Waals surface area contributed by atoms with Gasteiger partial charge in [0.25, 0.3) is 11.8 Å². The van der Waals surface area contributed by atoms with E-state index in [0.717, 1.165) is 12.8 Å². The zero-order valence-corrected chi connectivity index (χ0v) is 18.6. The molecule has 0 aliphatic carbocycles. The van der Waals surface area contributed by atoms with Crippen molar-refractivity contribution in [3.8, 4) is 0 Å². The minimum Gasteiger partial charge on any atom is -0.338 e. The Morgan fingerprint density at radius 1 is 1.03 bits per heavy atom. The minimum absolute atomic E-state index is 0.0244. The Bertz CT molecular complexity index is 974. The third-order valence-corrected chi connectivity index (χ3v) is 5.96. The number of hydrogen-bond acceptors (Lipinski definition) is 2. The highest BCUT2D eigenvalue weighted by Gasteiger charge is 2.29. The molecule has 3 rings (SSSR count). The van der Waals surface area contributed by atoms with Gasteiger partial charge in [-0.25, -0.2) is 8.78 Å². The van der Waals surface area contributed by atoms with Crippen LogP contribution < -0.4 is 0 Å². The van der Waals surface area contributed by atoms with Gasteiger partial charge in [0, 0.05) is 36.8 Å². The van der Waals surface area contributed by atoms with Crippen LogP contribution in [0.25, 0.3) is 0 Å². The molecule has 0 unspecified atom stereocenters. The first-order valence-corrected chi connectivity index (χ1v) is 10.8. The van der Waals surface area contributed by atoms with Crippen molar-refractivity contribution < 1.29 is 18.4 Å². The van der Waals surface area contributed by atoms with Crippen molar-refractivity contribution in [2.24, 2.45) is 5.92 Å². The molecule has 6 heteroatoms. The molecule has 1 atom stereocenters. The van der Waals surface area contributed by atoms with Crippen molar-refractivity contribution in [3.05, 3.63) is 70.3 Å². The molecule has 0 saturated carbocycles. The highest BCUT2D eigenvalue weighted by molar-refractivity contribution is 5.95. The molecule has 1 aliphatic rings. The summed E-state index contributed by atoms with van der Waals surface area (Å²) in [5.41, 5.74) is 1.85. The van der Waals surface area contributed by atoms with Gasteiger partial charge in [0.15, 0.2) is 0 Å². The lowest BCUT2D eigenvalue weighted by molar-refractivity contribution is 0.0555. The van der Waals surface area contributed by atoms with Gasteiger partial charge in [0.05, 0.1) is 0 Å². The number of amides is 2. The van der Waals surface area contributed by atoms with Crippen LogP contribution in [0, 0.1) is 31.4 Å². The lowest BCUT2D eigenvalue weighted by atomic mass is 9.95. The van der Waals surface area contributed by atoms with E-state index in [9.17, 15) is 18.4 Å². The fourth-order valence-electron chi connectivity index (χ4n) is 4.11. The van der Waals surface area contributed by atoms with Crippen molar-refractivity contribution in [2.75, 3.05) is 19.6 Å². The molecule has 2 aromatic carbocycles. The number of carbonyl (C=O) groups excluding carboxylic acids is 2. The van der Waals surface area contributed by atoms with E-state index < -0.39 is 0 Å². The standard InChI is InChI=1S/C25H30F2N2O2/c1-16(2)29(25(31)21-8-10-23(27)18(4)13-21)15-19-6-5-11-28(14-19)24(30)20-7-9-22(26)17(3)12-20/h7-10,12-13,16,19H,5-6,11,14-15H2,1-4H3/t19-/m1/s1. The Morgan fingerprint density at radius 2 is 1.61 bits per heavy atom. The van der Waals surface area contributed by atoms with Gasteiger partial charge in [-0.05, 0) is 94.0 Å². The molecular formula is C25H30F2N2O2. The molecule has 0 radical (unpaired) electrons. The lowest BCUT2D eigenvalue weighted by Crippen LogP contribution is -2.47. The number of benzene rings is 2. The summed E-state index contributed by atoms with van der Waals surface area (Å²) in [5, 5.41) is 0. The molecule has 4 nitrogen and oxygen atoms in total. The summed E-state index contributed by atoms with van der Waals surface area (Å²) in [6.07, 6.45) is 1.78. The molecule has 0 aromatic heterocycles. The summed E-state index contributed by atoms with van der Waals surface area (Å²) in [5.74, 6) is -0.743. The van der Waals surface area contributed by atoms with Crippen molar-refractivity contribution in [1.29, 1.82) is 0 Å². The van der Waals surface area contributed by atoms with E-state index in [0.29, 0.717) is 41.9 Å². The fourth-order valence-corrected chi connectivity index (χ4v) is 4.11. The number of aryl methyl sites for hydroxylation is 2. The fraction of sp³-hybridized carbons (Fsp3) is 0.440. The zero-order valence-electron chi connectivity index (χ0n) is 18.6. The van der Waals surface area contributed by atoms with Crippen molar-refractivity contribution in [3.63, 3.8) is 0 Å². The van der Waals surface area contributed by atoms with Gasteiger partial charge in [-0.1, -0.05) is 0 Å². The second-order valence-electron chi connectivity index (χ2n) is 8.74. The van der Waals surface area contributed by atoms with Crippen LogP contribution in [0.5, 0.6) is 0 Å². The number of rotatable bonds is 5. The monoisotopic (exact) mass is 428 g/mol. The minimum atomic E-state index is -0.329. The van der Waals surface area contributed by atoms with E-state index in [2.05, 4.69) is 0 Å². The molecule has 1 heterocycles. The first kappa shape index (κ1) is 22.9. The van der Waals surface area contributed by atoms with Gasteiger partial charge in [0.2, 0.25) is 0 Å². The van der Waals surface area contributed by atoms with Gasteiger partial charge in [0.1, 0.15) is 11.6 Å². The maximum atomic E-state index is 13.6. The highest BCUT2D eigenvalue weighted by atomic mass is 19.1. The Morgan fingerprint density at radius 3 is 2.19 bits per heavy atom. The van der Waals surface area contributed by atoms with Crippen LogP contribution >= 0.6 is 0 Å². The van der Waals surface area contributed by atoms with E-state index in [1.807, 2.05) is 13.8 Å². The summed E-state index contributed by atoms with van der Waals surface area (Å²) in [6, 6.07) is 8.84. The Hall–Kier alpha value is -2.76. The summed E-state index contributed by atoms with van der Waals surface area (Å²) in [6.45, 7) is 8.94. The van der Waals surface area contributed by atoms with Gasteiger partial charge >= 0.3 is 0 Å². The highest BCUT2D eigenvalue weighted by Crippen LogP contribution is 2.23. The normalized spacial score (nSPS) is 16.5. The molecule has 1 aliphatic heterocycles. The van der Waals surface area contributed by atoms with Gasteiger partial charge in [-0.15, -0.1) is 0 Å². The van der Waals surface area contributed by atoms with Crippen molar-refractivity contribution >= 4 is 11.8 Å². The quantitative estimate of drug-likeness (QED) is 0.674. The topological polar surface area (TPSA) is 40.6 Å². The SMILES string of the molecule is Cc1cc(C(=O)N2CCC[C@@H](CN(C(=O)c3ccc(F)c(C)c3)C(C)C)C2)ccc1F. The smallest absolute Gasteiger partial charge is 0.254 e. The van der Waals surface area contributed by atoms with Gasteiger partial charge in [-0.2, -0.15) is 0 Å². The molecule has 2 aromatic rings. The summed E-state index contributed by atoms with van der Waals surface area (Å²) in [7, 11) is 0. The van der Waals surface area contributed by atoms with E-state index in [-0.39, 0.29) is 35.4 Å². The lowest BCUT2D eigenvalue weighted by Gasteiger charge is -2.37. The molecule has 2 amide bonds. The molecule has 0 N–H and O–H groups in total. The Kier molecular flexibility index (Phi) is 7.08. The van der Waals surface area contributed by atoms with Crippen molar-refractivity contribution in [2.45, 2.75) is 46.6 Å². The van der Waals surface area contributed by atoms with Crippen LogP contribution in [0.1, 0.15) is 58.5 Å². The second-order valence-corrected chi connectivity index (χ2v) is 8.74. The predicted molar refractivity (Wildman–Crippen MR) is 117 cm³/mol. The molecule has 0 spiro atoms. The maximum absolute atomic E-state index is 13.6.